The predicted molar refractivity (Wildman–Crippen MR) is 72.1 cm³/mol. The van der Waals surface area contributed by atoms with Crippen LogP contribution in [0.1, 0.15) is 23.8 Å². The van der Waals surface area contributed by atoms with Crippen molar-refractivity contribution in [2.45, 2.75) is 19.4 Å². The lowest BCUT2D eigenvalue weighted by atomic mass is 10.2. The smallest absolute Gasteiger partial charge is 0.274 e. The van der Waals surface area contributed by atoms with Gasteiger partial charge in [-0.05, 0) is 6.42 Å². The van der Waals surface area contributed by atoms with Crippen molar-refractivity contribution in [1.29, 1.82) is 5.26 Å². The number of nitrogens with zero attached hydrogens (tertiary/aromatic N) is 4. The Balaban J connectivity index is 2.06. The summed E-state index contributed by atoms with van der Waals surface area (Å²) in [5, 5.41) is 11.9. The van der Waals surface area contributed by atoms with E-state index in [0.717, 1.165) is 13.0 Å². The predicted octanol–water partition coefficient (Wildman–Crippen LogP) is 0.663. The molecular formula is C13H17N5O2. The van der Waals surface area contributed by atoms with Crippen LogP contribution in [0.15, 0.2) is 12.4 Å². The zero-order valence-electron chi connectivity index (χ0n) is 11.4. The van der Waals surface area contributed by atoms with E-state index >= 15 is 0 Å². The molecule has 1 aromatic rings. The fourth-order valence-corrected chi connectivity index (χ4v) is 1.88. The molecular weight excluding hydrogens is 258 g/mol. The van der Waals surface area contributed by atoms with Crippen molar-refractivity contribution in [2.75, 3.05) is 31.6 Å². The van der Waals surface area contributed by atoms with Crippen LogP contribution in [0.5, 0.6) is 0 Å². The molecule has 20 heavy (non-hydrogen) atoms. The van der Waals surface area contributed by atoms with Crippen LogP contribution in [0, 0.1) is 11.3 Å². The average Bonchev–Trinajstić information content (AvgIpc) is 2.52. The number of hydrogen-bond acceptors (Lipinski definition) is 6. The lowest BCUT2D eigenvalue weighted by Crippen LogP contribution is -2.45. The molecule has 0 aliphatic carbocycles. The summed E-state index contributed by atoms with van der Waals surface area (Å²) >= 11 is 0. The SMILES string of the molecule is CCCNc1cncc(C(=O)N2CCOC(C#N)C2)n1. The summed E-state index contributed by atoms with van der Waals surface area (Å²) in [6, 6.07) is 2.02. The minimum Gasteiger partial charge on any atom is -0.369 e. The van der Waals surface area contributed by atoms with Gasteiger partial charge in [0.2, 0.25) is 0 Å². The van der Waals surface area contributed by atoms with Crippen molar-refractivity contribution in [2.24, 2.45) is 0 Å². The summed E-state index contributed by atoms with van der Waals surface area (Å²) in [4.78, 5) is 22.2. The molecule has 0 aromatic carbocycles. The van der Waals surface area contributed by atoms with Gasteiger partial charge in [0.05, 0.1) is 31.6 Å². The Labute approximate surface area is 117 Å². The number of nitriles is 1. The average molecular weight is 275 g/mol. The molecule has 1 aliphatic rings. The standard InChI is InChI=1S/C13H17N5O2/c1-2-3-16-12-8-15-7-11(17-12)13(19)18-4-5-20-10(6-14)9-18/h7-8,10H,2-5,9H2,1H3,(H,16,17). The Morgan fingerprint density at radius 2 is 2.50 bits per heavy atom. The van der Waals surface area contributed by atoms with Gasteiger partial charge in [-0.2, -0.15) is 5.26 Å². The molecule has 1 unspecified atom stereocenters. The molecule has 2 rings (SSSR count). The van der Waals surface area contributed by atoms with E-state index in [-0.39, 0.29) is 18.1 Å². The molecule has 1 fully saturated rings. The van der Waals surface area contributed by atoms with E-state index in [1.165, 1.54) is 6.20 Å². The minimum absolute atomic E-state index is 0.221. The first-order valence-corrected chi connectivity index (χ1v) is 6.61. The summed E-state index contributed by atoms with van der Waals surface area (Å²) in [7, 11) is 0. The molecule has 0 radical (unpaired) electrons. The second-order valence-corrected chi connectivity index (χ2v) is 4.46. The van der Waals surface area contributed by atoms with Crippen molar-refractivity contribution in [3.05, 3.63) is 18.1 Å². The van der Waals surface area contributed by atoms with Crippen molar-refractivity contribution < 1.29 is 9.53 Å². The molecule has 1 atom stereocenters. The van der Waals surface area contributed by atoms with Crippen LogP contribution in [0.3, 0.4) is 0 Å². The fraction of sp³-hybridized carbons (Fsp3) is 0.538. The van der Waals surface area contributed by atoms with E-state index in [0.29, 0.717) is 19.0 Å². The molecule has 106 valence electrons. The Hall–Kier alpha value is -2.20. The van der Waals surface area contributed by atoms with Crippen LogP contribution < -0.4 is 5.32 Å². The van der Waals surface area contributed by atoms with Crippen LogP contribution in [-0.4, -0.2) is 53.1 Å². The summed E-state index contributed by atoms with van der Waals surface area (Å²) in [6.45, 7) is 3.92. The van der Waals surface area contributed by atoms with E-state index in [9.17, 15) is 4.79 Å². The third-order valence-corrected chi connectivity index (χ3v) is 2.91. The van der Waals surface area contributed by atoms with Gasteiger partial charge in [-0.15, -0.1) is 0 Å². The molecule has 1 amide bonds. The normalized spacial score (nSPS) is 18.4. The fourth-order valence-electron chi connectivity index (χ4n) is 1.88. The Kier molecular flexibility index (Phi) is 4.85. The molecule has 0 saturated carbocycles. The highest BCUT2D eigenvalue weighted by Gasteiger charge is 2.25. The second kappa shape index (κ2) is 6.82. The van der Waals surface area contributed by atoms with Crippen LogP contribution >= 0.6 is 0 Å². The van der Waals surface area contributed by atoms with Gasteiger partial charge in [0.25, 0.3) is 5.91 Å². The van der Waals surface area contributed by atoms with Gasteiger partial charge >= 0.3 is 0 Å². The first-order chi connectivity index (χ1) is 9.74. The number of amides is 1. The number of nitrogens with one attached hydrogen (secondary N) is 1. The third-order valence-electron chi connectivity index (χ3n) is 2.91. The molecule has 1 saturated heterocycles. The first kappa shape index (κ1) is 14.2. The second-order valence-electron chi connectivity index (χ2n) is 4.46. The highest BCUT2D eigenvalue weighted by molar-refractivity contribution is 5.92. The molecule has 0 spiro atoms. The first-order valence-electron chi connectivity index (χ1n) is 6.61. The number of aromatic nitrogens is 2. The van der Waals surface area contributed by atoms with Crippen molar-refractivity contribution in [3.63, 3.8) is 0 Å². The number of morpholine rings is 1. The third kappa shape index (κ3) is 3.42. The zero-order valence-corrected chi connectivity index (χ0v) is 11.4. The molecule has 2 heterocycles. The van der Waals surface area contributed by atoms with Crippen LogP contribution in [0.4, 0.5) is 5.82 Å². The van der Waals surface area contributed by atoms with Gasteiger partial charge in [0.1, 0.15) is 11.5 Å². The molecule has 1 aromatic heterocycles. The number of anilines is 1. The summed E-state index contributed by atoms with van der Waals surface area (Å²) < 4.78 is 5.22. The Morgan fingerprint density at radius 3 is 3.25 bits per heavy atom. The van der Waals surface area contributed by atoms with Crippen LogP contribution in [0.2, 0.25) is 0 Å². The van der Waals surface area contributed by atoms with Gasteiger partial charge in [-0.25, -0.2) is 4.98 Å². The molecule has 0 bridgehead atoms. The van der Waals surface area contributed by atoms with E-state index in [1.54, 1.807) is 11.1 Å². The lowest BCUT2D eigenvalue weighted by molar-refractivity contribution is 0.00318. The number of ether oxygens (including phenoxy) is 1. The maximum Gasteiger partial charge on any atom is 0.274 e. The van der Waals surface area contributed by atoms with Crippen molar-refractivity contribution in [1.82, 2.24) is 14.9 Å². The van der Waals surface area contributed by atoms with E-state index in [1.807, 2.05) is 13.0 Å². The van der Waals surface area contributed by atoms with E-state index in [4.69, 9.17) is 10.00 Å². The van der Waals surface area contributed by atoms with Gasteiger partial charge in [-0.3, -0.25) is 9.78 Å². The topological polar surface area (TPSA) is 91.1 Å². The number of rotatable bonds is 4. The summed E-state index contributed by atoms with van der Waals surface area (Å²) in [6.07, 6.45) is 3.43. The quantitative estimate of drug-likeness (QED) is 0.868. The van der Waals surface area contributed by atoms with Gasteiger partial charge in [0, 0.05) is 13.1 Å². The molecule has 7 heteroatoms. The number of carbonyl (C=O) groups is 1. The van der Waals surface area contributed by atoms with Gasteiger partial charge in [-0.1, -0.05) is 6.92 Å². The largest absolute Gasteiger partial charge is 0.369 e. The molecule has 1 N–H and O–H groups in total. The zero-order chi connectivity index (χ0) is 14.4. The van der Waals surface area contributed by atoms with Crippen LogP contribution in [0.25, 0.3) is 0 Å². The summed E-state index contributed by atoms with van der Waals surface area (Å²) in [5.41, 5.74) is 0.282. The lowest BCUT2D eigenvalue weighted by Gasteiger charge is -2.29. The van der Waals surface area contributed by atoms with E-state index < -0.39 is 6.10 Å². The highest BCUT2D eigenvalue weighted by Crippen LogP contribution is 2.10. The van der Waals surface area contributed by atoms with Gasteiger partial charge < -0.3 is 15.0 Å². The minimum atomic E-state index is -0.568. The van der Waals surface area contributed by atoms with Gasteiger partial charge in [0.15, 0.2) is 6.10 Å². The Bertz CT molecular complexity index is 514. The monoisotopic (exact) mass is 275 g/mol. The molecule has 7 nitrogen and oxygen atoms in total. The molecule has 1 aliphatic heterocycles. The maximum atomic E-state index is 12.3. The maximum absolute atomic E-state index is 12.3. The Morgan fingerprint density at radius 1 is 1.65 bits per heavy atom. The van der Waals surface area contributed by atoms with Crippen molar-refractivity contribution >= 4 is 11.7 Å². The highest BCUT2D eigenvalue weighted by atomic mass is 16.5. The van der Waals surface area contributed by atoms with E-state index in [2.05, 4.69) is 15.3 Å². The number of carbonyl (C=O) groups excluding carboxylic acids is 1. The van der Waals surface area contributed by atoms with Crippen molar-refractivity contribution in [3.8, 4) is 6.07 Å². The number of hydrogen-bond donors (Lipinski definition) is 1. The van der Waals surface area contributed by atoms with Crippen LogP contribution in [-0.2, 0) is 4.74 Å². The summed E-state index contributed by atoms with van der Waals surface area (Å²) in [5.74, 6) is 0.365.